The number of amides is 2. The molecule has 0 aliphatic carbocycles. The number of nitrogens with one attached hydrogen (secondary N) is 1. The Kier molecular flexibility index (Phi) is 8.81. The SMILES string of the molecule is CCOc1ccc(/C=C/C(=O)O[C@@H](C)C(=O)N(C)CC(=O)Nc2ccc(C)cc2)cc1. The number of benzene rings is 2. The number of esters is 1. The Bertz CT molecular complexity index is 920. The van der Waals surface area contributed by atoms with Gasteiger partial charge in [0.15, 0.2) is 6.10 Å². The molecule has 1 N–H and O–H groups in total. The maximum absolute atomic E-state index is 12.4. The van der Waals surface area contributed by atoms with Gasteiger partial charge in [-0.1, -0.05) is 29.8 Å². The van der Waals surface area contributed by atoms with Crippen molar-refractivity contribution in [3.8, 4) is 5.75 Å². The summed E-state index contributed by atoms with van der Waals surface area (Å²) in [5.41, 5.74) is 2.53. The summed E-state index contributed by atoms with van der Waals surface area (Å²) in [7, 11) is 1.48. The molecule has 0 saturated carbocycles. The van der Waals surface area contributed by atoms with Crippen LogP contribution in [0.4, 0.5) is 5.69 Å². The topological polar surface area (TPSA) is 84.9 Å². The van der Waals surface area contributed by atoms with Crippen molar-refractivity contribution < 1.29 is 23.9 Å². The molecule has 164 valence electrons. The third kappa shape index (κ3) is 7.97. The van der Waals surface area contributed by atoms with E-state index < -0.39 is 18.0 Å². The van der Waals surface area contributed by atoms with Crippen molar-refractivity contribution in [3.63, 3.8) is 0 Å². The number of carbonyl (C=O) groups excluding carboxylic acids is 3. The molecule has 0 fully saturated rings. The Balaban J connectivity index is 1.82. The van der Waals surface area contributed by atoms with Gasteiger partial charge in [0.1, 0.15) is 5.75 Å². The minimum absolute atomic E-state index is 0.156. The summed E-state index contributed by atoms with van der Waals surface area (Å²) in [6.07, 6.45) is 1.83. The quantitative estimate of drug-likeness (QED) is 0.492. The van der Waals surface area contributed by atoms with E-state index in [1.54, 1.807) is 30.3 Å². The molecule has 0 radical (unpaired) electrons. The van der Waals surface area contributed by atoms with Crippen LogP contribution < -0.4 is 10.1 Å². The van der Waals surface area contributed by atoms with E-state index in [-0.39, 0.29) is 12.5 Å². The number of aryl methyl sites for hydroxylation is 1. The van der Waals surface area contributed by atoms with Crippen molar-refractivity contribution in [2.24, 2.45) is 0 Å². The summed E-state index contributed by atoms with van der Waals surface area (Å²) in [6.45, 7) is 5.75. The predicted octanol–water partition coefficient (Wildman–Crippen LogP) is 3.44. The van der Waals surface area contributed by atoms with Gasteiger partial charge in [0.2, 0.25) is 5.91 Å². The van der Waals surface area contributed by atoms with Crippen LogP contribution in [0.5, 0.6) is 5.75 Å². The first-order valence-electron chi connectivity index (χ1n) is 10.0. The van der Waals surface area contributed by atoms with Crippen LogP contribution in [0.1, 0.15) is 25.0 Å². The van der Waals surface area contributed by atoms with Gasteiger partial charge in [0, 0.05) is 18.8 Å². The van der Waals surface area contributed by atoms with Crippen LogP contribution in [-0.2, 0) is 19.1 Å². The van der Waals surface area contributed by atoms with E-state index in [0.29, 0.717) is 12.3 Å². The van der Waals surface area contributed by atoms with Gasteiger partial charge in [0.05, 0.1) is 13.2 Å². The molecular formula is C24H28N2O5. The van der Waals surface area contributed by atoms with E-state index in [1.807, 2.05) is 38.1 Å². The molecule has 0 unspecified atom stereocenters. The number of anilines is 1. The van der Waals surface area contributed by atoms with E-state index in [0.717, 1.165) is 16.9 Å². The fraction of sp³-hybridized carbons (Fsp3) is 0.292. The van der Waals surface area contributed by atoms with E-state index in [2.05, 4.69) is 5.32 Å². The summed E-state index contributed by atoms with van der Waals surface area (Å²) in [4.78, 5) is 37.8. The molecule has 7 nitrogen and oxygen atoms in total. The van der Waals surface area contributed by atoms with Crippen LogP contribution in [0, 0.1) is 6.92 Å². The summed E-state index contributed by atoms with van der Waals surface area (Å²) < 4.78 is 10.5. The molecule has 1 atom stereocenters. The zero-order valence-electron chi connectivity index (χ0n) is 18.3. The second-order valence-corrected chi connectivity index (χ2v) is 7.02. The number of ether oxygens (including phenoxy) is 2. The zero-order valence-corrected chi connectivity index (χ0v) is 18.3. The van der Waals surface area contributed by atoms with E-state index in [4.69, 9.17) is 9.47 Å². The molecular weight excluding hydrogens is 396 g/mol. The first kappa shape index (κ1) is 23.7. The molecule has 0 saturated heterocycles. The zero-order chi connectivity index (χ0) is 22.8. The molecule has 2 amide bonds. The van der Waals surface area contributed by atoms with Crippen LogP contribution in [0.25, 0.3) is 6.08 Å². The minimum Gasteiger partial charge on any atom is -0.494 e. The number of carbonyl (C=O) groups is 3. The van der Waals surface area contributed by atoms with Gasteiger partial charge >= 0.3 is 5.97 Å². The number of hydrogen-bond donors (Lipinski definition) is 1. The average Bonchev–Trinajstić information content (AvgIpc) is 2.74. The van der Waals surface area contributed by atoms with Crippen molar-refractivity contribution in [2.75, 3.05) is 25.5 Å². The molecule has 7 heteroatoms. The van der Waals surface area contributed by atoms with Gasteiger partial charge in [0.25, 0.3) is 5.91 Å². The number of nitrogens with zero attached hydrogens (tertiary/aromatic N) is 1. The summed E-state index contributed by atoms with van der Waals surface area (Å²) in [6, 6.07) is 14.6. The van der Waals surface area contributed by atoms with Crippen molar-refractivity contribution >= 4 is 29.5 Å². The lowest BCUT2D eigenvalue weighted by atomic mass is 10.2. The van der Waals surface area contributed by atoms with Crippen molar-refractivity contribution in [2.45, 2.75) is 26.9 Å². The normalized spacial score (nSPS) is 11.6. The van der Waals surface area contributed by atoms with Gasteiger partial charge in [-0.15, -0.1) is 0 Å². The lowest BCUT2D eigenvalue weighted by molar-refractivity contribution is -0.154. The Morgan fingerprint density at radius 1 is 1.06 bits per heavy atom. The Morgan fingerprint density at radius 2 is 1.71 bits per heavy atom. The van der Waals surface area contributed by atoms with Crippen molar-refractivity contribution in [3.05, 3.63) is 65.7 Å². The second kappa shape index (κ2) is 11.5. The molecule has 0 aromatic heterocycles. The first-order valence-corrected chi connectivity index (χ1v) is 10.0. The molecule has 0 aliphatic heterocycles. The van der Waals surface area contributed by atoms with Crippen molar-refractivity contribution in [1.29, 1.82) is 0 Å². The number of likely N-dealkylation sites (N-methyl/N-ethyl adjacent to an activating group) is 1. The van der Waals surface area contributed by atoms with Crippen LogP contribution in [0.3, 0.4) is 0 Å². The summed E-state index contributed by atoms with van der Waals surface area (Å²) >= 11 is 0. The van der Waals surface area contributed by atoms with Crippen LogP contribution in [0.15, 0.2) is 54.6 Å². The molecule has 0 bridgehead atoms. The molecule has 2 rings (SSSR count). The van der Waals surface area contributed by atoms with Gasteiger partial charge in [-0.2, -0.15) is 0 Å². The Labute approximate surface area is 182 Å². The Hall–Kier alpha value is -3.61. The number of rotatable bonds is 9. The minimum atomic E-state index is -1.02. The van der Waals surface area contributed by atoms with E-state index >= 15 is 0 Å². The summed E-state index contributed by atoms with van der Waals surface area (Å²) in [5, 5.41) is 2.72. The number of hydrogen-bond acceptors (Lipinski definition) is 5. The largest absolute Gasteiger partial charge is 0.494 e. The summed E-state index contributed by atoms with van der Waals surface area (Å²) in [5.74, 6) is -0.710. The van der Waals surface area contributed by atoms with Gasteiger partial charge in [-0.05, 0) is 56.7 Å². The predicted molar refractivity (Wildman–Crippen MR) is 120 cm³/mol. The highest BCUT2D eigenvalue weighted by atomic mass is 16.5. The monoisotopic (exact) mass is 424 g/mol. The third-order valence-corrected chi connectivity index (χ3v) is 4.34. The maximum Gasteiger partial charge on any atom is 0.331 e. The van der Waals surface area contributed by atoms with Gasteiger partial charge in [-0.25, -0.2) is 4.79 Å². The van der Waals surface area contributed by atoms with Crippen LogP contribution in [-0.4, -0.2) is 49.0 Å². The lowest BCUT2D eigenvalue weighted by Crippen LogP contribution is -2.41. The molecule has 2 aromatic carbocycles. The Morgan fingerprint density at radius 3 is 2.32 bits per heavy atom. The first-order chi connectivity index (χ1) is 14.8. The second-order valence-electron chi connectivity index (χ2n) is 7.02. The molecule has 31 heavy (non-hydrogen) atoms. The van der Waals surface area contributed by atoms with Crippen molar-refractivity contribution in [1.82, 2.24) is 4.90 Å². The van der Waals surface area contributed by atoms with Gasteiger partial charge < -0.3 is 19.7 Å². The fourth-order valence-electron chi connectivity index (χ4n) is 2.71. The van der Waals surface area contributed by atoms with E-state index in [1.165, 1.54) is 24.9 Å². The maximum atomic E-state index is 12.4. The average molecular weight is 424 g/mol. The highest BCUT2D eigenvalue weighted by molar-refractivity contribution is 5.95. The highest BCUT2D eigenvalue weighted by Gasteiger charge is 2.22. The van der Waals surface area contributed by atoms with Crippen LogP contribution >= 0.6 is 0 Å². The molecule has 0 heterocycles. The van der Waals surface area contributed by atoms with Gasteiger partial charge in [-0.3, -0.25) is 9.59 Å². The molecule has 0 aliphatic rings. The smallest absolute Gasteiger partial charge is 0.331 e. The molecule has 0 spiro atoms. The standard InChI is InChI=1S/C24H28N2O5/c1-5-30-21-13-8-19(9-14-21)10-15-23(28)31-18(3)24(29)26(4)16-22(27)25-20-11-6-17(2)7-12-20/h6-15,18H,5,16H2,1-4H3,(H,25,27)/b15-10+/t18-/m0/s1. The van der Waals surface area contributed by atoms with E-state index in [9.17, 15) is 14.4 Å². The fourth-order valence-corrected chi connectivity index (χ4v) is 2.71. The lowest BCUT2D eigenvalue weighted by Gasteiger charge is -2.20. The third-order valence-electron chi connectivity index (χ3n) is 4.34. The molecule has 2 aromatic rings. The van der Waals surface area contributed by atoms with Crippen LogP contribution in [0.2, 0.25) is 0 Å². The highest BCUT2D eigenvalue weighted by Crippen LogP contribution is 2.13.